The molecule has 1 rings (SSSR count). The predicted molar refractivity (Wildman–Crippen MR) is 41.7 cm³/mol. The van der Waals surface area contributed by atoms with E-state index in [0.29, 0.717) is 5.92 Å². The van der Waals surface area contributed by atoms with E-state index >= 15 is 0 Å². The first-order chi connectivity index (χ1) is 4.83. The van der Waals surface area contributed by atoms with Gasteiger partial charge < -0.3 is 0 Å². The highest BCUT2D eigenvalue weighted by Gasteiger charge is 2.12. The van der Waals surface area contributed by atoms with Gasteiger partial charge in [0, 0.05) is 0 Å². The number of hydrogen-bond acceptors (Lipinski definition) is 0. The van der Waals surface area contributed by atoms with Gasteiger partial charge in [-0.05, 0) is 38.0 Å². The van der Waals surface area contributed by atoms with E-state index in [9.17, 15) is 4.39 Å². The first-order valence-corrected chi connectivity index (χ1v) is 4.05. The van der Waals surface area contributed by atoms with Crippen molar-refractivity contribution in [2.24, 2.45) is 5.92 Å². The fourth-order valence-electron chi connectivity index (χ4n) is 1.47. The van der Waals surface area contributed by atoms with Gasteiger partial charge in [0.05, 0.1) is 6.67 Å². The van der Waals surface area contributed by atoms with E-state index < -0.39 is 0 Å². The number of alkyl halides is 1. The summed E-state index contributed by atoms with van der Waals surface area (Å²) in [4.78, 5) is 0. The smallest absolute Gasteiger partial charge is 0.0922 e. The van der Waals surface area contributed by atoms with E-state index in [0.717, 1.165) is 32.1 Å². The summed E-state index contributed by atoms with van der Waals surface area (Å²) in [5.41, 5.74) is 1.32. The molecule has 0 aromatic carbocycles. The molecule has 0 saturated heterocycles. The molecule has 1 unspecified atom stereocenters. The Hall–Kier alpha value is -0.330. The quantitative estimate of drug-likeness (QED) is 0.390. The summed E-state index contributed by atoms with van der Waals surface area (Å²) in [7, 11) is 0. The second-order valence-corrected chi connectivity index (χ2v) is 3.20. The largest absolute Gasteiger partial charge is 0.251 e. The minimum absolute atomic E-state index is 0.132. The van der Waals surface area contributed by atoms with Gasteiger partial charge in [-0.1, -0.05) is 12.2 Å². The number of rotatable bonds is 1. The lowest BCUT2D eigenvalue weighted by Crippen LogP contribution is -1.99. The minimum atomic E-state index is -0.132. The molecule has 0 nitrogen and oxygen atoms in total. The maximum atomic E-state index is 12.2. The fraction of sp³-hybridized carbons (Fsp3) is 0.778. The van der Waals surface area contributed by atoms with Crippen LogP contribution in [-0.2, 0) is 0 Å². The van der Waals surface area contributed by atoms with Crippen molar-refractivity contribution in [2.75, 3.05) is 6.67 Å². The molecule has 1 heteroatoms. The monoisotopic (exact) mass is 142 g/mol. The lowest BCUT2D eigenvalue weighted by Gasteiger charge is -2.06. The Labute approximate surface area is 62.1 Å². The minimum Gasteiger partial charge on any atom is -0.251 e. The first-order valence-electron chi connectivity index (χ1n) is 4.05. The van der Waals surface area contributed by atoms with E-state index in [1.54, 1.807) is 0 Å². The van der Waals surface area contributed by atoms with Crippen LogP contribution in [0.1, 0.15) is 32.1 Å². The molecule has 0 heterocycles. The summed E-state index contributed by atoms with van der Waals surface area (Å²) in [6.45, 7) is 3.79. The topological polar surface area (TPSA) is 0 Å². The highest BCUT2D eigenvalue weighted by molar-refractivity contribution is 4.96. The summed E-state index contributed by atoms with van der Waals surface area (Å²) in [5.74, 6) is 0.333. The summed E-state index contributed by atoms with van der Waals surface area (Å²) in [6.07, 6.45) is 5.41. The van der Waals surface area contributed by atoms with Gasteiger partial charge in [-0.3, -0.25) is 4.39 Å². The Kier molecular flexibility index (Phi) is 2.91. The van der Waals surface area contributed by atoms with Crippen LogP contribution in [0.2, 0.25) is 0 Å². The molecular weight excluding hydrogens is 127 g/mol. The molecule has 1 fully saturated rings. The third-order valence-corrected chi connectivity index (χ3v) is 2.27. The van der Waals surface area contributed by atoms with Gasteiger partial charge in [0.25, 0.3) is 0 Å². The number of halogens is 1. The molecule has 1 aliphatic carbocycles. The molecule has 0 aromatic rings. The average molecular weight is 142 g/mol. The summed E-state index contributed by atoms with van der Waals surface area (Å²) in [6, 6.07) is 0. The third-order valence-electron chi connectivity index (χ3n) is 2.27. The van der Waals surface area contributed by atoms with E-state index in [1.807, 2.05) is 0 Å². The molecule has 58 valence electrons. The van der Waals surface area contributed by atoms with Gasteiger partial charge in [-0.25, -0.2) is 0 Å². The molecule has 1 aliphatic rings. The van der Waals surface area contributed by atoms with Crippen molar-refractivity contribution < 1.29 is 4.39 Å². The van der Waals surface area contributed by atoms with Crippen LogP contribution in [0, 0.1) is 5.92 Å². The normalized spacial score (nSPS) is 28.1. The van der Waals surface area contributed by atoms with E-state index in [4.69, 9.17) is 0 Å². The molecule has 0 aromatic heterocycles. The van der Waals surface area contributed by atoms with Crippen molar-refractivity contribution in [3.8, 4) is 0 Å². The van der Waals surface area contributed by atoms with Crippen LogP contribution in [0.25, 0.3) is 0 Å². The van der Waals surface area contributed by atoms with Gasteiger partial charge in [-0.2, -0.15) is 0 Å². The van der Waals surface area contributed by atoms with Crippen LogP contribution >= 0.6 is 0 Å². The van der Waals surface area contributed by atoms with E-state index in [1.165, 1.54) is 5.57 Å². The van der Waals surface area contributed by atoms with Crippen LogP contribution in [-0.4, -0.2) is 6.67 Å². The van der Waals surface area contributed by atoms with Crippen molar-refractivity contribution in [3.05, 3.63) is 12.2 Å². The zero-order chi connectivity index (χ0) is 7.40. The highest BCUT2D eigenvalue weighted by Crippen LogP contribution is 2.25. The van der Waals surface area contributed by atoms with Crippen molar-refractivity contribution >= 4 is 0 Å². The van der Waals surface area contributed by atoms with Crippen LogP contribution in [0.5, 0.6) is 0 Å². The maximum absolute atomic E-state index is 12.2. The number of allylic oxidation sites excluding steroid dienone is 1. The zero-order valence-electron chi connectivity index (χ0n) is 6.41. The molecule has 0 amide bonds. The standard InChI is InChI=1S/C9H15F/c1-8-3-2-4-9(7-10)6-5-8/h9H,1-7H2. The second-order valence-electron chi connectivity index (χ2n) is 3.20. The van der Waals surface area contributed by atoms with Crippen molar-refractivity contribution in [2.45, 2.75) is 32.1 Å². The molecule has 0 N–H and O–H groups in total. The number of hydrogen-bond donors (Lipinski definition) is 0. The molecule has 0 radical (unpaired) electrons. The van der Waals surface area contributed by atoms with Gasteiger partial charge in [0.15, 0.2) is 0 Å². The summed E-state index contributed by atoms with van der Waals surface area (Å²) in [5, 5.41) is 0. The van der Waals surface area contributed by atoms with E-state index in [2.05, 4.69) is 6.58 Å². The Bertz CT molecular complexity index is 118. The molecule has 0 bridgehead atoms. The molecule has 10 heavy (non-hydrogen) atoms. The van der Waals surface area contributed by atoms with Gasteiger partial charge in [0.2, 0.25) is 0 Å². The summed E-state index contributed by atoms with van der Waals surface area (Å²) >= 11 is 0. The SMILES string of the molecule is C=C1CCCC(CF)CC1. The predicted octanol–water partition coefficient (Wildman–Crippen LogP) is 3.09. The Morgan fingerprint density at radius 1 is 1.40 bits per heavy atom. The maximum Gasteiger partial charge on any atom is 0.0922 e. The zero-order valence-corrected chi connectivity index (χ0v) is 6.41. The molecule has 0 aliphatic heterocycles. The van der Waals surface area contributed by atoms with Crippen LogP contribution in [0.15, 0.2) is 12.2 Å². The average Bonchev–Trinajstić information content (AvgIpc) is 2.14. The second kappa shape index (κ2) is 3.75. The Balaban J connectivity index is 2.33. The van der Waals surface area contributed by atoms with Gasteiger partial charge in [-0.15, -0.1) is 0 Å². The Morgan fingerprint density at radius 3 is 2.90 bits per heavy atom. The Morgan fingerprint density at radius 2 is 2.20 bits per heavy atom. The third kappa shape index (κ3) is 2.13. The summed E-state index contributed by atoms with van der Waals surface area (Å²) < 4.78 is 12.2. The first kappa shape index (κ1) is 7.77. The van der Waals surface area contributed by atoms with Gasteiger partial charge in [0.1, 0.15) is 0 Å². The van der Waals surface area contributed by atoms with Crippen LogP contribution in [0.4, 0.5) is 4.39 Å². The van der Waals surface area contributed by atoms with Crippen molar-refractivity contribution in [1.82, 2.24) is 0 Å². The van der Waals surface area contributed by atoms with Crippen molar-refractivity contribution in [1.29, 1.82) is 0 Å². The van der Waals surface area contributed by atoms with Crippen LogP contribution in [0.3, 0.4) is 0 Å². The van der Waals surface area contributed by atoms with Crippen LogP contribution < -0.4 is 0 Å². The molecule has 1 atom stereocenters. The van der Waals surface area contributed by atoms with Crippen molar-refractivity contribution in [3.63, 3.8) is 0 Å². The fourth-order valence-corrected chi connectivity index (χ4v) is 1.47. The molecular formula is C9H15F. The van der Waals surface area contributed by atoms with Gasteiger partial charge >= 0.3 is 0 Å². The van der Waals surface area contributed by atoms with E-state index in [-0.39, 0.29) is 6.67 Å². The molecule has 1 saturated carbocycles. The lowest BCUT2D eigenvalue weighted by molar-refractivity contribution is 0.332. The highest BCUT2D eigenvalue weighted by atomic mass is 19.1. The molecule has 0 spiro atoms. The lowest BCUT2D eigenvalue weighted by atomic mass is 10.0.